The second kappa shape index (κ2) is 7.42. The van der Waals surface area contributed by atoms with E-state index in [0.717, 1.165) is 0 Å². The fourth-order valence-corrected chi connectivity index (χ4v) is 2.35. The summed E-state index contributed by atoms with van der Waals surface area (Å²) in [5.74, 6) is -0.890. The highest BCUT2D eigenvalue weighted by atomic mass is 16.5. The molecule has 122 valence electrons. The summed E-state index contributed by atoms with van der Waals surface area (Å²) in [6.45, 7) is 1.53. The van der Waals surface area contributed by atoms with Crippen LogP contribution in [0.25, 0.3) is 11.1 Å². The fourth-order valence-electron chi connectivity index (χ4n) is 2.35. The largest absolute Gasteiger partial charge is 0.449 e. The van der Waals surface area contributed by atoms with Gasteiger partial charge < -0.3 is 9.64 Å². The van der Waals surface area contributed by atoms with Crippen LogP contribution in [0.4, 0.5) is 0 Å². The van der Waals surface area contributed by atoms with Crippen LogP contribution >= 0.6 is 0 Å². The third-order valence-electron chi connectivity index (χ3n) is 3.56. The van der Waals surface area contributed by atoms with Gasteiger partial charge in [-0.25, -0.2) is 4.79 Å². The zero-order chi connectivity index (χ0) is 17.7. The summed E-state index contributed by atoms with van der Waals surface area (Å²) in [6.07, 6.45) is -0.883. The topological polar surface area (TPSA) is 70.4 Å². The number of amides is 1. The quantitative estimate of drug-likeness (QED) is 0.812. The van der Waals surface area contributed by atoms with Gasteiger partial charge in [0.05, 0.1) is 17.2 Å². The zero-order valence-corrected chi connectivity index (χ0v) is 13.8. The number of hydrogen-bond donors (Lipinski definition) is 0. The lowest BCUT2D eigenvalue weighted by molar-refractivity contribution is -0.137. The van der Waals surface area contributed by atoms with Crippen molar-refractivity contribution >= 4 is 11.9 Å². The van der Waals surface area contributed by atoms with Gasteiger partial charge in [-0.05, 0) is 24.6 Å². The Hall–Kier alpha value is -3.13. The molecule has 1 unspecified atom stereocenters. The Bertz CT molecular complexity index is 806. The van der Waals surface area contributed by atoms with E-state index in [0.29, 0.717) is 22.3 Å². The van der Waals surface area contributed by atoms with Crippen LogP contribution in [-0.2, 0) is 9.53 Å². The van der Waals surface area contributed by atoms with Crippen LogP contribution in [0.5, 0.6) is 0 Å². The first-order valence-electron chi connectivity index (χ1n) is 7.46. The molecule has 0 aliphatic rings. The lowest BCUT2D eigenvalue weighted by Gasteiger charge is -2.18. The van der Waals surface area contributed by atoms with Crippen LogP contribution in [0, 0.1) is 11.3 Å². The monoisotopic (exact) mass is 322 g/mol. The molecule has 2 aromatic rings. The maximum Gasteiger partial charge on any atom is 0.339 e. The van der Waals surface area contributed by atoms with Crippen LogP contribution in [0.1, 0.15) is 22.8 Å². The van der Waals surface area contributed by atoms with Crippen molar-refractivity contribution in [3.05, 3.63) is 59.7 Å². The van der Waals surface area contributed by atoms with Crippen LogP contribution in [-0.4, -0.2) is 37.0 Å². The van der Waals surface area contributed by atoms with E-state index >= 15 is 0 Å². The van der Waals surface area contributed by atoms with Gasteiger partial charge in [0.15, 0.2) is 6.10 Å². The smallest absolute Gasteiger partial charge is 0.339 e. The first kappa shape index (κ1) is 17.2. The number of rotatable bonds is 4. The lowest BCUT2D eigenvalue weighted by atomic mass is 9.96. The summed E-state index contributed by atoms with van der Waals surface area (Å²) in [5, 5.41) is 9.27. The second-order valence-electron chi connectivity index (χ2n) is 5.48. The van der Waals surface area contributed by atoms with Crippen molar-refractivity contribution < 1.29 is 14.3 Å². The molecule has 0 aromatic heterocycles. The van der Waals surface area contributed by atoms with Gasteiger partial charge in [0.1, 0.15) is 0 Å². The molecule has 0 N–H and O–H groups in total. The predicted molar refractivity (Wildman–Crippen MR) is 90.2 cm³/mol. The number of benzene rings is 2. The molecular formula is C19H18N2O3. The van der Waals surface area contributed by atoms with Crippen molar-refractivity contribution in [2.24, 2.45) is 0 Å². The minimum atomic E-state index is -0.883. The number of esters is 1. The number of ether oxygens (including phenoxy) is 1. The van der Waals surface area contributed by atoms with Gasteiger partial charge in [0.25, 0.3) is 5.91 Å². The first-order valence-corrected chi connectivity index (χ1v) is 7.46. The summed E-state index contributed by atoms with van der Waals surface area (Å²) in [5.41, 5.74) is 2.04. The molecule has 0 saturated heterocycles. The number of hydrogen-bond acceptors (Lipinski definition) is 4. The molecule has 2 aromatic carbocycles. The fraction of sp³-hybridized carbons (Fsp3) is 0.211. The standard InChI is InChI=1S/C19H18N2O3/c1-13(18(22)21(2)3)24-19(23)17-11-7-6-10-16(17)15-9-5-4-8-14(15)12-20/h4-11,13H,1-3H3. The second-order valence-corrected chi connectivity index (χ2v) is 5.48. The Labute approximate surface area is 141 Å². The van der Waals surface area contributed by atoms with E-state index in [4.69, 9.17) is 4.74 Å². The molecule has 0 radical (unpaired) electrons. The van der Waals surface area contributed by atoms with Gasteiger partial charge in [0, 0.05) is 19.7 Å². The van der Waals surface area contributed by atoms with Crippen molar-refractivity contribution in [1.29, 1.82) is 5.26 Å². The molecule has 24 heavy (non-hydrogen) atoms. The van der Waals surface area contributed by atoms with Gasteiger partial charge in [-0.15, -0.1) is 0 Å². The van der Waals surface area contributed by atoms with Crippen molar-refractivity contribution in [1.82, 2.24) is 4.90 Å². The van der Waals surface area contributed by atoms with Crippen LogP contribution in [0.15, 0.2) is 48.5 Å². The highest BCUT2D eigenvalue weighted by Crippen LogP contribution is 2.27. The third kappa shape index (κ3) is 3.61. The van der Waals surface area contributed by atoms with Gasteiger partial charge in [-0.2, -0.15) is 5.26 Å². The van der Waals surface area contributed by atoms with Crippen molar-refractivity contribution in [3.63, 3.8) is 0 Å². The normalized spacial score (nSPS) is 11.2. The molecule has 5 heteroatoms. The molecule has 1 amide bonds. The van der Waals surface area contributed by atoms with Crippen molar-refractivity contribution in [2.75, 3.05) is 14.1 Å². The first-order chi connectivity index (χ1) is 11.5. The van der Waals surface area contributed by atoms with Gasteiger partial charge in [-0.1, -0.05) is 36.4 Å². The van der Waals surface area contributed by atoms with Gasteiger partial charge >= 0.3 is 5.97 Å². The predicted octanol–water partition coefficient (Wildman–Crippen LogP) is 2.86. The SMILES string of the molecule is CC(OC(=O)c1ccccc1-c1ccccc1C#N)C(=O)N(C)C. The molecule has 2 rings (SSSR count). The van der Waals surface area contributed by atoms with E-state index in [1.807, 2.05) is 0 Å². The number of likely N-dealkylation sites (N-methyl/N-ethyl adjacent to an activating group) is 1. The van der Waals surface area contributed by atoms with E-state index in [1.165, 1.54) is 11.8 Å². The molecule has 0 spiro atoms. The summed E-state index contributed by atoms with van der Waals surface area (Å²) in [6, 6.07) is 16.0. The number of nitriles is 1. The molecular weight excluding hydrogens is 304 g/mol. The average molecular weight is 322 g/mol. The van der Waals surface area contributed by atoms with Gasteiger partial charge in [0.2, 0.25) is 0 Å². The van der Waals surface area contributed by atoms with E-state index in [-0.39, 0.29) is 5.91 Å². The van der Waals surface area contributed by atoms with Gasteiger partial charge in [-0.3, -0.25) is 4.79 Å². The highest BCUT2D eigenvalue weighted by Gasteiger charge is 2.22. The third-order valence-corrected chi connectivity index (χ3v) is 3.56. The summed E-state index contributed by atoms with van der Waals surface area (Å²) in [7, 11) is 3.20. The molecule has 0 saturated carbocycles. The van der Waals surface area contributed by atoms with E-state index in [9.17, 15) is 14.9 Å². The summed E-state index contributed by atoms with van der Waals surface area (Å²) in [4.78, 5) is 25.7. The Kier molecular flexibility index (Phi) is 5.33. The van der Waals surface area contributed by atoms with E-state index < -0.39 is 12.1 Å². The number of carbonyl (C=O) groups excluding carboxylic acids is 2. The average Bonchev–Trinajstić information content (AvgIpc) is 2.60. The minimum absolute atomic E-state index is 0.293. The van der Waals surface area contributed by atoms with Crippen molar-refractivity contribution in [3.8, 4) is 17.2 Å². The summed E-state index contributed by atoms with van der Waals surface area (Å²) < 4.78 is 5.28. The van der Waals surface area contributed by atoms with Crippen LogP contribution < -0.4 is 0 Å². The Morgan fingerprint density at radius 2 is 1.62 bits per heavy atom. The Morgan fingerprint density at radius 1 is 1.04 bits per heavy atom. The Balaban J connectivity index is 2.38. The summed E-state index contributed by atoms with van der Waals surface area (Å²) >= 11 is 0. The van der Waals surface area contributed by atoms with E-state index in [2.05, 4.69) is 6.07 Å². The minimum Gasteiger partial charge on any atom is -0.449 e. The van der Waals surface area contributed by atoms with Crippen molar-refractivity contribution in [2.45, 2.75) is 13.0 Å². The highest BCUT2D eigenvalue weighted by molar-refractivity contribution is 5.99. The molecule has 0 heterocycles. The van der Waals surface area contributed by atoms with Crippen LogP contribution in [0.3, 0.4) is 0 Å². The maximum atomic E-state index is 12.5. The zero-order valence-electron chi connectivity index (χ0n) is 13.8. The van der Waals surface area contributed by atoms with E-state index in [1.54, 1.807) is 62.6 Å². The molecule has 0 aliphatic heterocycles. The Morgan fingerprint density at radius 3 is 2.25 bits per heavy atom. The lowest BCUT2D eigenvalue weighted by Crippen LogP contribution is -2.35. The molecule has 0 aliphatic carbocycles. The van der Waals surface area contributed by atoms with Crippen LogP contribution in [0.2, 0.25) is 0 Å². The maximum absolute atomic E-state index is 12.5. The number of carbonyl (C=O) groups is 2. The molecule has 1 atom stereocenters. The molecule has 0 fully saturated rings. The molecule has 5 nitrogen and oxygen atoms in total. The molecule has 0 bridgehead atoms. The number of nitrogens with zero attached hydrogens (tertiary/aromatic N) is 2.